The summed E-state index contributed by atoms with van der Waals surface area (Å²) in [5.74, 6) is 0.497. The summed E-state index contributed by atoms with van der Waals surface area (Å²) in [6.45, 7) is 6.32. The van der Waals surface area contributed by atoms with Gasteiger partial charge in [-0.2, -0.15) is 0 Å². The predicted octanol–water partition coefficient (Wildman–Crippen LogP) is 2.84. The average molecular weight is 342 g/mol. The SMILES string of the molecule is CC(C)(C)Oc1ccc(C(=O)NCC(CO)Cc2ccccn2)cc1. The molecule has 0 aliphatic heterocycles. The van der Waals surface area contributed by atoms with E-state index >= 15 is 0 Å². The molecule has 5 nitrogen and oxygen atoms in total. The molecule has 0 aliphatic rings. The van der Waals surface area contributed by atoms with Gasteiger partial charge in [-0.05, 0) is 63.6 Å². The van der Waals surface area contributed by atoms with Gasteiger partial charge in [0.1, 0.15) is 11.4 Å². The second-order valence-electron chi connectivity index (χ2n) is 7.02. The van der Waals surface area contributed by atoms with E-state index in [-0.39, 0.29) is 24.0 Å². The Morgan fingerprint density at radius 2 is 1.92 bits per heavy atom. The maximum Gasteiger partial charge on any atom is 0.251 e. The zero-order chi connectivity index (χ0) is 18.3. The molecule has 0 radical (unpaired) electrons. The van der Waals surface area contributed by atoms with Crippen LogP contribution in [-0.4, -0.2) is 34.8 Å². The number of rotatable bonds is 7. The molecule has 1 unspecified atom stereocenters. The summed E-state index contributed by atoms with van der Waals surface area (Å²) in [5, 5.41) is 12.4. The maximum absolute atomic E-state index is 12.3. The van der Waals surface area contributed by atoms with E-state index < -0.39 is 0 Å². The molecule has 1 aromatic heterocycles. The molecule has 1 atom stereocenters. The predicted molar refractivity (Wildman–Crippen MR) is 97.7 cm³/mol. The van der Waals surface area contributed by atoms with Gasteiger partial charge >= 0.3 is 0 Å². The van der Waals surface area contributed by atoms with Crippen molar-refractivity contribution in [2.24, 2.45) is 5.92 Å². The zero-order valence-electron chi connectivity index (χ0n) is 15.0. The fourth-order valence-electron chi connectivity index (χ4n) is 2.38. The number of amides is 1. The smallest absolute Gasteiger partial charge is 0.251 e. The van der Waals surface area contributed by atoms with Gasteiger partial charge in [-0.25, -0.2) is 0 Å². The van der Waals surface area contributed by atoms with Crippen molar-refractivity contribution in [1.29, 1.82) is 0 Å². The fraction of sp³-hybridized carbons (Fsp3) is 0.400. The van der Waals surface area contributed by atoms with E-state index in [9.17, 15) is 9.90 Å². The second-order valence-corrected chi connectivity index (χ2v) is 7.02. The molecule has 2 rings (SSSR count). The number of aliphatic hydroxyl groups is 1. The van der Waals surface area contributed by atoms with Crippen molar-refractivity contribution in [3.8, 4) is 5.75 Å². The third-order valence-electron chi connectivity index (χ3n) is 3.57. The fourth-order valence-corrected chi connectivity index (χ4v) is 2.38. The van der Waals surface area contributed by atoms with Gasteiger partial charge in [-0.3, -0.25) is 9.78 Å². The number of ether oxygens (including phenoxy) is 1. The lowest BCUT2D eigenvalue weighted by atomic mass is 10.0. The van der Waals surface area contributed by atoms with Crippen molar-refractivity contribution in [3.05, 3.63) is 59.9 Å². The summed E-state index contributed by atoms with van der Waals surface area (Å²) in [6.07, 6.45) is 2.35. The van der Waals surface area contributed by atoms with Crippen molar-refractivity contribution < 1.29 is 14.6 Å². The van der Waals surface area contributed by atoms with Gasteiger partial charge in [0.25, 0.3) is 5.91 Å². The Kier molecular flexibility index (Phi) is 6.53. The lowest BCUT2D eigenvalue weighted by Gasteiger charge is -2.21. The van der Waals surface area contributed by atoms with E-state index in [4.69, 9.17) is 4.74 Å². The van der Waals surface area contributed by atoms with Crippen LogP contribution in [0.25, 0.3) is 0 Å². The molecule has 1 amide bonds. The number of carbonyl (C=O) groups excluding carboxylic acids is 1. The monoisotopic (exact) mass is 342 g/mol. The lowest BCUT2D eigenvalue weighted by Crippen LogP contribution is -2.32. The summed E-state index contributed by atoms with van der Waals surface area (Å²) in [7, 11) is 0. The molecule has 5 heteroatoms. The summed E-state index contributed by atoms with van der Waals surface area (Å²) >= 11 is 0. The first kappa shape index (κ1) is 18.9. The number of nitrogens with one attached hydrogen (secondary N) is 1. The second kappa shape index (κ2) is 8.62. The molecule has 0 aliphatic carbocycles. The zero-order valence-corrected chi connectivity index (χ0v) is 15.0. The van der Waals surface area contributed by atoms with E-state index in [1.807, 2.05) is 39.0 Å². The van der Waals surface area contributed by atoms with Crippen LogP contribution in [-0.2, 0) is 6.42 Å². The minimum atomic E-state index is -0.274. The molecule has 0 saturated heterocycles. The van der Waals surface area contributed by atoms with E-state index in [1.165, 1.54) is 0 Å². The van der Waals surface area contributed by atoms with Crippen molar-refractivity contribution in [2.45, 2.75) is 32.8 Å². The molecule has 1 heterocycles. The molecule has 0 saturated carbocycles. The molecule has 2 aromatic rings. The molecule has 0 fully saturated rings. The molecule has 0 spiro atoms. The molecule has 25 heavy (non-hydrogen) atoms. The standard InChI is InChI=1S/C20H26N2O3/c1-20(2,3)25-18-9-7-16(8-10-18)19(24)22-13-15(14-23)12-17-6-4-5-11-21-17/h4-11,15,23H,12-14H2,1-3H3,(H,22,24). The maximum atomic E-state index is 12.3. The molecular weight excluding hydrogens is 316 g/mol. The normalized spacial score (nSPS) is 12.5. The van der Waals surface area contributed by atoms with Crippen LogP contribution >= 0.6 is 0 Å². The van der Waals surface area contributed by atoms with E-state index in [1.54, 1.807) is 30.5 Å². The number of aromatic nitrogens is 1. The Morgan fingerprint density at radius 3 is 2.48 bits per heavy atom. The van der Waals surface area contributed by atoms with Crippen molar-refractivity contribution in [3.63, 3.8) is 0 Å². The minimum absolute atomic E-state index is 0.00475. The van der Waals surface area contributed by atoms with Crippen molar-refractivity contribution >= 4 is 5.91 Å². The van der Waals surface area contributed by atoms with Crippen molar-refractivity contribution in [1.82, 2.24) is 10.3 Å². The number of pyridine rings is 1. The summed E-state index contributed by atoms with van der Waals surface area (Å²) in [6, 6.07) is 12.7. The van der Waals surface area contributed by atoms with Crippen LogP contribution in [0, 0.1) is 5.92 Å². The Bertz CT molecular complexity index is 664. The van der Waals surface area contributed by atoms with Gasteiger partial charge in [-0.15, -0.1) is 0 Å². The Balaban J connectivity index is 1.88. The molecule has 2 N–H and O–H groups in total. The van der Waals surface area contributed by atoms with Gasteiger partial charge < -0.3 is 15.2 Å². The van der Waals surface area contributed by atoms with Gasteiger partial charge in [0.05, 0.1) is 0 Å². The number of hydrogen-bond donors (Lipinski definition) is 2. The molecular formula is C20H26N2O3. The van der Waals surface area contributed by atoms with Crippen LogP contribution in [0.2, 0.25) is 0 Å². The minimum Gasteiger partial charge on any atom is -0.488 e. The Hall–Kier alpha value is -2.40. The summed E-state index contributed by atoms with van der Waals surface area (Å²) in [4.78, 5) is 16.5. The van der Waals surface area contributed by atoms with Gasteiger partial charge in [0.15, 0.2) is 0 Å². The highest BCUT2D eigenvalue weighted by Crippen LogP contribution is 2.18. The van der Waals surface area contributed by atoms with E-state index in [2.05, 4.69) is 10.3 Å². The number of benzene rings is 1. The number of aliphatic hydroxyl groups excluding tert-OH is 1. The summed E-state index contributed by atoms with van der Waals surface area (Å²) < 4.78 is 5.75. The largest absolute Gasteiger partial charge is 0.488 e. The number of carbonyl (C=O) groups is 1. The lowest BCUT2D eigenvalue weighted by molar-refractivity contribution is 0.0939. The van der Waals surface area contributed by atoms with Crippen molar-refractivity contribution in [2.75, 3.05) is 13.2 Å². The van der Waals surface area contributed by atoms with Gasteiger partial charge in [0.2, 0.25) is 0 Å². The first-order valence-electron chi connectivity index (χ1n) is 8.45. The van der Waals surface area contributed by atoms with E-state index in [0.717, 1.165) is 11.4 Å². The van der Waals surface area contributed by atoms with Crippen LogP contribution < -0.4 is 10.1 Å². The van der Waals surface area contributed by atoms with Gasteiger partial charge in [-0.1, -0.05) is 6.07 Å². The average Bonchev–Trinajstić information content (AvgIpc) is 2.58. The molecule has 0 bridgehead atoms. The molecule has 1 aromatic carbocycles. The highest BCUT2D eigenvalue weighted by atomic mass is 16.5. The van der Waals surface area contributed by atoms with Crippen LogP contribution in [0.15, 0.2) is 48.7 Å². The van der Waals surface area contributed by atoms with Gasteiger partial charge in [0, 0.05) is 36.5 Å². The highest BCUT2D eigenvalue weighted by Gasteiger charge is 2.14. The van der Waals surface area contributed by atoms with E-state index in [0.29, 0.717) is 18.5 Å². The third kappa shape index (κ3) is 6.55. The molecule has 134 valence electrons. The van der Waals surface area contributed by atoms with Crippen LogP contribution in [0.5, 0.6) is 5.75 Å². The number of nitrogens with zero attached hydrogens (tertiary/aromatic N) is 1. The number of hydrogen-bond acceptors (Lipinski definition) is 4. The Morgan fingerprint density at radius 1 is 1.20 bits per heavy atom. The first-order valence-corrected chi connectivity index (χ1v) is 8.45. The topological polar surface area (TPSA) is 71.5 Å². The Labute approximate surface area is 149 Å². The van der Waals surface area contributed by atoms with Crippen LogP contribution in [0.4, 0.5) is 0 Å². The van der Waals surface area contributed by atoms with Crippen LogP contribution in [0.1, 0.15) is 36.8 Å². The summed E-state index contributed by atoms with van der Waals surface area (Å²) in [5.41, 5.74) is 1.19. The quantitative estimate of drug-likeness (QED) is 0.812. The van der Waals surface area contributed by atoms with Crippen LogP contribution in [0.3, 0.4) is 0 Å². The first-order chi connectivity index (χ1) is 11.9. The highest BCUT2D eigenvalue weighted by molar-refractivity contribution is 5.94. The third-order valence-corrected chi connectivity index (χ3v) is 3.57.